The average molecular weight is 570 g/mol. The Morgan fingerprint density at radius 2 is 1.00 bits per heavy atom. The van der Waals surface area contributed by atoms with E-state index < -0.39 is 0 Å². The summed E-state index contributed by atoms with van der Waals surface area (Å²) in [5.41, 5.74) is 17.1. The van der Waals surface area contributed by atoms with Gasteiger partial charge in [-0.15, -0.1) is 0 Å². The van der Waals surface area contributed by atoms with Crippen molar-refractivity contribution in [1.82, 2.24) is 0 Å². The molecule has 0 unspecified atom stereocenters. The Labute approximate surface area is 262 Å². The van der Waals surface area contributed by atoms with Crippen LogP contribution >= 0.6 is 0 Å². The zero-order chi connectivity index (χ0) is 30.3. The average Bonchev–Trinajstić information content (AvgIpc) is 3.31. The number of nitrogens with zero attached hydrogens (tertiary/aromatic N) is 1. The minimum Gasteiger partial charge on any atom is -0.310 e. The minimum atomic E-state index is -0.0186. The zero-order valence-corrected chi connectivity index (χ0v) is 26.1. The fourth-order valence-corrected chi connectivity index (χ4v) is 7.07. The topological polar surface area (TPSA) is 3.24 Å². The van der Waals surface area contributed by atoms with Crippen LogP contribution in [0.25, 0.3) is 33.4 Å². The third-order valence-corrected chi connectivity index (χ3v) is 9.45. The molecule has 0 heterocycles. The van der Waals surface area contributed by atoms with Gasteiger partial charge in [0, 0.05) is 22.5 Å². The summed E-state index contributed by atoms with van der Waals surface area (Å²) >= 11 is 0. The fourth-order valence-electron chi connectivity index (χ4n) is 7.07. The first-order valence-corrected chi connectivity index (χ1v) is 15.9. The van der Waals surface area contributed by atoms with E-state index in [4.69, 9.17) is 0 Å². The van der Waals surface area contributed by atoms with Crippen molar-refractivity contribution in [2.45, 2.75) is 46.0 Å². The zero-order valence-electron chi connectivity index (χ0n) is 26.1. The first-order valence-electron chi connectivity index (χ1n) is 15.9. The summed E-state index contributed by atoms with van der Waals surface area (Å²) in [6, 6.07) is 51.2. The van der Waals surface area contributed by atoms with Crippen LogP contribution in [0.2, 0.25) is 0 Å². The molecule has 1 heteroatoms. The van der Waals surface area contributed by atoms with Gasteiger partial charge >= 0.3 is 0 Å². The number of fused-ring (bicyclic) bond motifs is 3. The SMILES string of the molecule is CCc1cc(N(c2ccccc2)c2ccc(-c3ccccc3)cc2)ccc1-c1cc2c(cc1CC)-c1ccccc1C2(C)C. The van der Waals surface area contributed by atoms with Crippen LogP contribution in [0, 0.1) is 0 Å². The van der Waals surface area contributed by atoms with Gasteiger partial charge in [-0.2, -0.15) is 0 Å². The molecule has 0 saturated carbocycles. The Balaban J connectivity index is 1.33. The molecule has 0 aromatic heterocycles. The van der Waals surface area contributed by atoms with E-state index in [2.05, 4.69) is 172 Å². The molecule has 6 aromatic carbocycles. The molecule has 0 radical (unpaired) electrons. The lowest BCUT2D eigenvalue weighted by molar-refractivity contribution is 0.660. The van der Waals surface area contributed by atoms with Crippen LogP contribution < -0.4 is 4.90 Å². The lowest BCUT2D eigenvalue weighted by atomic mass is 9.80. The standard InChI is InChI=1S/C43H39N/c1-5-30-27-36(44(34-17-11-8-12-18-34)35-23-21-33(22-24-35)32-15-9-7-10-16-32)25-26-37(30)39-29-42-40(28-31(39)6-2)38-19-13-14-20-41(38)43(42,3)4/h7-29H,5-6H2,1-4H3. The molecular formula is C43H39N. The summed E-state index contributed by atoms with van der Waals surface area (Å²) in [5.74, 6) is 0. The molecule has 0 aliphatic heterocycles. The van der Waals surface area contributed by atoms with Crippen molar-refractivity contribution in [3.8, 4) is 33.4 Å². The van der Waals surface area contributed by atoms with E-state index in [0.29, 0.717) is 0 Å². The number of benzene rings is 6. The van der Waals surface area contributed by atoms with Gasteiger partial charge in [0.2, 0.25) is 0 Å². The van der Waals surface area contributed by atoms with Crippen LogP contribution in [0.3, 0.4) is 0 Å². The molecule has 7 rings (SSSR count). The molecule has 0 saturated heterocycles. The second-order valence-electron chi connectivity index (χ2n) is 12.4. The van der Waals surface area contributed by atoms with Gasteiger partial charge in [0.25, 0.3) is 0 Å². The lowest BCUT2D eigenvalue weighted by Crippen LogP contribution is -2.15. The number of aryl methyl sites for hydroxylation is 2. The molecule has 6 aromatic rings. The number of para-hydroxylation sites is 1. The smallest absolute Gasteiger partial charge is 0.0464 e. The maximum Gasteiger partial charge on any atom is 0.0464 e. The molecule has 1 aliphatic rings. The van der Waals surface area contributed by atoms with Gasteiger partial charge in [0.1, 0.15) is 0 Å². The highest BCUT2D eigenvalue weighted by Crippen LogP contribution is 2.51. The van der Waals surface area contributed by atoms with E-state index in [1.54, 1.807) is 0 Å². The van der Waals surface area contributed by atoms with Crippen molar-refractivity contribution in [3.05, 3.63) is 162 Å². The monoisotopic (exact) mass is 569 g/mol. The number of anilines is 3. The van der Waals surface area contributed by atoms with E-state index in [9.17, 15) is 0 Å². The van der Waals surface area contributed by atoms with Crippen molar-refractivity contribution in [1.29, 1.82) is 0 Å². The third kappa shape index (κ3) is 4.74. The molecule has 0 fully saturated rings. The largest absolute Gasteiger partial charge is 0.310 e. The molecule has 0 atom stereocenters. The van der Waals surface area contributed by atoms with Gasteiger partial charge in [-0.3, -0.25) is 0 Å². The van der Waals surface area contributed by atoms with E-state index in [1.807, 2.05) is 0 Å². The summed E-state index contributed by atoms with van der Waals surface area (Å²) in [7, 11) is 0. The lowest BCUT2D eigenvalue weighted by Gasteiger charge is -2.27. The summed E-state index contributed by atoms with van der Waals surface area (Å²) in [6.45, 7) is 9.31. The second kappa shape index (κ2) is 11.3. The first-order chi connectivity index (χ1) is 21.5. The van der Waals surface area contributed by atoms with Gasteiger partial charge in [-0.25, -0.2) is 0 Å². The predicted octanol–water partition coefficient (Wildman–Crippen LogP) is 11.9. The summed E-state index contributed by atoms with van der Waals surface area (Å²) in [4.78, 5) is 2.38. The van der Waals surface area contributed by atoms with Gasteiger partial charge in [-0.05, 0) is 111 Å². The highest BCUT2D eigenvalue weighted by molar-refractivity contribution is 5.87. The maximum atomic E-state index is 2.50. The Bertz CT molecular complexity index is 1930. The Morgan fingerprint density at radius 1 is 0.432 bits per heavy atom. The third-order valence-electron chi connectivity index (χ3n) is 9.45. The molecule has 0 spiro atoms. The van der Waals surface area contributed by atoms with Gasteiger partial charge in [-0.1, -0.05) is 125 Å². The van der Waals surface area contributed by atoms with Gasteiger partial charge < -0.3 is 4.90 Å². The van der Waals surface area contributed by atoms with Gasteiger partial charge in [0.15, 0.2) is 0 Å². The summed E-state index contributed by atoms with van der Waals surface area (Å²) in [5, 5.41) is 0. The van der Waals surface area contributed by atoms with Gasteiger partial charge in [0.05, 0.1) is 0 Å². The van der Waals surface area contributed by atoms with Crippen LogP contribution in [0.5, 0.6) is 0 Å². The Kier molecular flexibility index (Phi) is 7.18. The van der Waals surface area contributed by atoms with E-state index in [-0.39, 0.29) is 5.41 Å². The van der Waals surface area contributed by atoms with Crippen LogP contribution in [-0.4, -0.2) is 0 Å². The van der Waals surface area contributed by atoms with Crippen LogP contribution in [-0.2, 0) is 18.3 Å². The predicted molar refractivity (Wildman–Crippen MR) is 188 cm³/mol. The van der Waals surface area contributed by atoms with Crippen molar-refractivity contribution >= 4 is 17.1 Å². The van der Waals surface area contributed by atoms with E-state index in [1.165, 1.54) is 61.3 Å². The van der Waals surface area contributed by atoms with E-state index >= 15 is 0 Å². The summed E-state index contributed by atoms with van der Waals surface area (Å²) in [6.07, 6.45) is 1.96. The molecule has 0 N–H and O–H groups in total. The maximum absolute atomic E-state index is 2.50. The number of rotatable bonds is 7. The molecule has 1 nitrogen and oxygen atoms in total. The minimum absolute atomic E-state index is 0.0186. The number of hydrogen-bond acceptors (Lipinski definition) is 1. The number of hydrogen-bond donors (Lipinski definition) is 0. The van der Waals surface area contributed by atoms with Crippen LogP contribution in [0.1, 0.15) is 49.9 Å². The van der Waals surface area contributed by atoms with Crippen molar-refractivity contribution < 1.29 is 0 Å². The summed E-state index contributed by atoms with van der Waals surface area (Å²) < 4.78 is 0. The van der Waals surface area contributed by atoms with Crippen LogP contribution in [0.15, 0.2) is 140 Å². The highest BCUT2D eigenvalue weighted by Gasteiger charge is 2.36. The van der Waals surface area contributed by atoms with Crippen molar-refractivity contribution in [3.63, 3.8) is 0 Å². The quantitative estimate of drug-likeness (QED) is 0.185. The first kappa shape index (κ1) is 27.9. The molecule has 44 heavy (non-hydrogen) atoms. The Hall–Kier alpha value is -4.88. The fraction of sp³-hybridized carbons (Fsp3) is 0.163. The molecule has 1 aliphatic carbocycles. The molecule has 0 amide bonds. The molecular weight excluding hydrogens is 530 g/mol. The van der Waals surface area contributed by atoms with Crippen molar-refractivity contribution in [2.75, 3.05) is 4.90 Å². The van der Waals surface area contributed by atoms with E-state index in [0.717, 1.165) is 24.2 Å². The normalized spacial score (nSPS) is 12.9. The second-order valence-corrected chi connectivity index (χ2v) is 12.4. The molecule has 0 bridgehead atoms. The Morgan fingerprint density at radius 3 is 1.70 bits per heavy atom. The highest BCUT2D eigenvalue weighted by atomic mass is 15.1. The molecule has 216 valence electrons. The van der Waals surface area contributed by atoms with Crippen LogP contribution in [0.4, 0.5) is 17.1 Å². The van der Waals surface area contributed by atoms with Crippen molar-refractivity contribution in [2.24, 2.45) is 0 Å².